The van der Waals surface area contributed by atoms with Gasteiger partial charge in [0.15, 0.2) is 11.5 Å². The first-order chi connectivity index (χ1) is 13.6. The molecule has 6 nitrogen and oxygen atoms in total. The first-order valence-corrected chi connectivity index (χ1v) is 9.64. The highest BCUT2D eigenvalue weighted by Crippen LogP contribution is 2.32. The van der Waals surface area contributed by atoms with Crippen molar-refractivity contribution in [3.8, 4) is 17.2 Å². The second kappa shape index (κ2) is 9.46. The summed E-state index contributed by atoms with van der Waals surface area (Å²) >= 11 is 0. The summed E-state index contributed by atoms with van der Waals surface area (Å²) < 4.78 is 10.3. The second-order valence-corrected chi connectivity index (χ2v) is 7.01. The number of carbonyl (C=O) groups is 1. The zero-order chi connectivity index (χ0) is 19.9. The number of amides is 1. The maximum atomic E-state index is 12.2. The average Bonchev–Trinajstić information content (AvgIpc) is 2.72. The number of benzene rings is 2. The molecule has 0 radical (unpaired) electrons. The quantitative estimate of drug-likeness (QED) is 0.685. The van der Waals surface area contributed by atoms with Crippen LogP contribution in [0.2, 0.25) is 0 Å². The number of phenols is 1. The van der Waals surface area contributed by atoms with Crippen LogP contribution in [0.15, 0.2) is 36.4 Å². The number of aromatic hydroxyl groups is 1. The number of phenolic OH excluding ortho intramolecular Hbond substituents is 1. The fourth-order valence-electron chi connectivity index (χ4n) is 3.52. The van der Waals surface area contributed by atoms with E-state index in [0.717, 1.165) is 44.5 Å². The highest BCUT2D eigenvalue weighted by atomic mass is 16.5. The Morgan fingerprint density at radius 2 is 2.00 bits per heavy atom. The van der Waals surface area contributed by atoms with E-state index in [9.17, 15) is 9.90 Å². The number of carbonyl (C=O) groups excluding carboxylic acids is 1. The van der Waals surface area contributed by atoms with Gasteiger partial charge in [-0.25, -0.2) is 0 Å². The van der Waals surface area contributed by atoms with E-state index in [-0.39, 0.29) is 11.7 Å². The average molecular weight is 384 g/mol. The molecule has 2 aromatic carbocycles. The zero-order valence-corrected chi connectivity index (χ0v) is 16.5. The highest BCUT2D eigenvalue weighted by molar-refractivity contribution is 5.94. The molecule has 1 heterocycles. The van der Waals surface area contributed by atoms with Crippen LogP contribution in [-0.2, 0) is 13.0 Å². The molecule has 28 heavy (non-hydrogen) atoms. The third-order valence-corrected chi connectivity index (χ3v) is 5.11. The van der Waals surface area contributed by atoms with Crippen LogP contribution < -0.4 is 14.8 Å². The molecule has 0 saturated heterocycles. The SMILES string of the molecule is COc1cccc(C(=O)NCCCCN2CCc3cc(OC)c(O)cc3C2)c1. The van der Waals surface area contributed by atoms with Gasteiger partial charge in [0.05, 0.1) is 14.2 Å². The molecule has 1 aliphatic heterocycles. The summed E-state index contributed by atoms with van der Waals surface area (Å²) in [6.07, 6.45) is 2.89. The van der Waals surface area contributed by atoms with E-state index in [2.05, 4.69) is 10.2 Å². The van der Waals surface area contributed by atoms with Gasteiger partial charge in [0.1, 0.15) is 5.75 Å². The van der Waals surface area contributed by atoms with Crippen molar-refractivity contribution in [3.05, 3.63) is 53.1 Å². The number of methoxy groups -OCH3 is 2. The lowest BCUT2D eigenvalue weighted by molar-refractivity contribution is 0.0952. The Hall–Kier alpha value is -2.73. The number of hydrogen-bond donors (Lipinski definition) is 2. The molecule has 0 fully saturated rings. The molecule has 0 aliphatic carbocycles. The largest absolute Gasteiger partial charge is 0.504 e. The molecule has 0 unspecified atom stereocenters. The molecule has 1 amide bonds. The fourth-order valence-corrected chi connectivity index (χ4v) is 3.52. The van der Waals surface area contributed by atoms with Gasteiger partial charge in [0, 0.05) is 25.2 Å². The van der Waals surface area contributed by atoms with Crippen molar-refractivity contribution in [2.45, 2.75) is 25.8 Å². The molecule has 2 N–H and O–H groups in total. The van der Waals surface area contributed by atoms with Gasteiger partial charge in [-0.15, -0.1) is 0 Å². The Morgan fingerprint density at radius 3 is 2.79 bits per heavy atom. The molecule has 3 rings (SSSR count). The molecular weight excluding hydrogens is 356 g/mol. The van der Waals surface area contributed by atoms with Crippen LogP contribution in [-0.4, -0.2) is 49.8 Å². The summed E-state index contributed by atoms with van der Waals surface area (Å²) in [6.45, 7) is 3.46. The molecule has 0 bridgehead atoms. The maximum absolute atomic E-state index is 12.2. The third kappa shape index (κ3) is 4.95. The van der Waals surface area contributed by atoms with Crippen LogP contribution in [0.5, 0.6) is 17.2 Å². The number of hydrogen-bond acceptors (Lipinski definition) is 5. The minimum absolute atomic E-state index is 0.0739. The van der Waals surface area contributed by atoms with Crippen molar-refractivity contribution < 1.29 is 19.4 Å². The van der Waals surface area contributed by atoms with Gasteiger partial charge >= 0.3 is 0 Å². The fraction of sp³-hybridized carbons (Fsp3) is 0.409. The van der Waals surface area contributed by atoms with Crippen molar-refractivity contribution in [1.82, 2.24) is 10.2 Å². The normalized spacial score (nSPS) is 13.6. The lowest BCUT2D eigenvalue weighted by atomic mass is 9.98. The van der Waals surface area contributed by atoms with Crippen LogP contribution in [0.25, 0.3) is 0 Å². The lowest BCUT2D eigenvalue weighted by Gasteiger charge is -2.29. The van der Waals surface area contributed by atoms with E-state index >= 15 is 0 Å². The van der Waals surface area contributed by atoms with Gasteiger partial charge in [0.25, 0.3) is 5.91 Å². The number of ether oxygens (including phenoxy) is 2. The van der Waals surface area contributed by atoms with Gasteiger partial charge in [-0.1, -0.05) is 6.07 Å². The van der Waals surface area contributed by atoms with Crippen molar-refractivity contribution >= 4 is 5.91 Å². The van der Waals surface area contributed by atoms with Crippen LogP contribution >= 0.6 is 0 Å². The topological polar surface area (TPSA) is 71.0 Å². The minimum atomic E-state index is -0.0739. The molecule has 0 spiro atoms. The highest BCUT2D eigenvalue weighted by Gasteiger charge is 2.18. The first-order valence-electron chi connectivity index (χ1n) is 9.64. The van der Waals surface area contributed by atoms with E-state index in [1.54, 1.807) is 26.4 Å². The van der Waals surface area contributed by atoms with Gasteiger partial charge in [0.2, 0.25) is 0 Å². The Bertz CT molecular complexity index is 822. The van der Waals surface area contributed by atoms with E-state index in [1.807, 2.05) is 24.3 Å². The number of nitrogens with one attached hydrogen (secondary N) is 1. The molecule has 0 aromatic heterocycles. The predicted octanol–water partition coefficient (Wildman–Crippen LogP) is 2.98. The smallest absolute Gasteiger partial charge is 0.251 e. The number of nitrogens with zero attached hydrogens (tertiary/aromatic N) is 1. The maximum Gasteiger partial charge on any atom is 0.251 e. The summed E-state index contributed by atoms with van der Waals surface area (Å²) in [6, 6.07) is 10.9. The van der Waals surface area contributed by atoms with Crippen LogP contribution in [0.4, 0.5) is 0 Å². The molecule has 0 saturated carbocycles. The monoisotopic (exact) mass is 384 g/mol. The van der Waals surface area contributed by atoms with Crippen LogP contribution in [0.1, 0.15) is 34.3 Å². The molecule has 1 aliphatic rings. The number of fused-ring (bicyclic) bond motifs is 1. The first kappa shape index (κ1) is 20.0. The van der Waals surface area contributed by atoms with Crippen LogP contribution in [0.3, 0.4) is 0 Å². The van der Waals surface area contributed by atoms with Crippen molar-refractivity contribution in [3.63, 3.8) is 0 Å². The van der Waals surface area contributed by atoms with Crippen molar-refractivity contribution in [2.75, 3.05) is 33.9 Å². The predicted molar refractivity (Wildman–Crippen MR) is 108 cm³/mol. The Morgan fingerprint density at radius 1 is 1.14 bits per heavy atom. The molecular formula is C22H28N2O4. The number of rotatable bonds is 8. The van der Waals surface area contributed by atoms with E-state index in [4.69, 9.17) is 9.47 Å². The Kier molecular flexibility index (Phi) is 6.76. The Labute approximate surface area is 166 Å². The molecule has 0 atom stereocenters. The van der Waals surface area contributed by atoms with Gasteiger partial charge in [-0.3, -0.25) is 9.69 Å². The molecule has 6 heteroatoms. The molecule has 150 valence electrons. The second-order valence-electron chi connectivity index (χ2n) is 7.01. The minimum Gasteiger partial charge on any atom is -0.504 e. The van der Waals surface area contributed by atoms with Gasteiger partial charge < -0.3 is 19.9 Å². The zero-order valence-electron chi connectivity index (χ0n) is 16.5. The molecule has 2 aromatic rings. The lowest BCUT2D eigenvalue weighted by Crippen LogP contribution is -2.32. The van der Waals surface area contributed by atoms with Crippen molar-refractivity contribution in [2.24, 2.45) is 0 Å². The summed E-state index contributed by atoms with van der Waals surface area (Å²) in [5.74, 6) is 1.35. The summed E-state index contributed by atoms with van der Waals surface area (Å²) in [5, 5.41) is 12.9. The van der Waals surface area contributed by atoms with Crippen LogP contribution in [0, 0.1) is 0 Å². The van der Waals surface area contributed by atoms with E-state index < -0.39 is 0 Å². The standard InChI is InChI=1S/C22H28N2O4/c1-27-19-7-5-6-17(12-19)22(26)23-9-3-4-10-24-11-8-16-14-21(28-2)20(25)13-18(16)15-24/h5-7,12-14,25H,3-4,8-11,15H2,1-2H3,(H,23,26). The summed E-state index contributed by atoms with van der Waals surface area (Å²) in [4.78, 5) is 14.6. The van der Waals surface area contributed by atoms with E-state index in [1.165, 1.54) is 5.56 Å². The van der Waals surface area contributed by atoms with E-state index in [0.29, 0.717) is 23.6 Å². The Balaban J connectivity index is 1.40. The summed E-state index contributed by atoms with van der Waals surface area (Å²) in [7, 11) is 3.16. The van der Waals surface area contributed by atoms with Gasteiger partial charge in [-0.05, 0) is 67.3 Å². The van der Waals surface area contributed by atoms with Crippen molar-refractivity contribution in [1.29, 1.82) is 0 Å². The number of unbranched alkanes of at least 4 members (excludes halogenated alkanes) is 1. The van der Waals surface area contributed by atoms with Gasteiger partial charge in [-0.2, -0.15) is 0 Å². The summed E-state index contributed by atoms with van der Waals surface area (Å²) in [5.41, 5.74) is 3.02. The third-order valence-electron chi connectivity index (χ3n) is 5.11.